The first-order chi connectivity index (χ1) is 9.65. The van der Waals surface area contributed by atoms with Crippen LogP contribution >= 0.6 is 38.5 Å². The van der Waals surface area contributed by atoms with Crippen LogP contribution in [0.2, 0.25) is 0 Å². The smallest absolute Gasteiger partial charge is 0.252 e. The Labute approximate surface area is 140 Å². The molecule has 1 aliphatic rings. The van der Waals surface area contributed by atoms with Crippen LogP contribution in [0.15, 0.2) is 53.0 Å². The summed E-state index contributed by atoms with van der Waals surface area (Å²) in [4.78, 5) is 12.3. The molecule has 20 heavy (non-hydrogen) atoms. The lowest BCUT2D eigenvalue weighted by Gasteiger charge is -2.07. The summed E-state index contributed by atoms with van der Waals surface area (Å²) in [6, 6.07) is 16.4. The highest BCUT2D eigenvalue weighted by atomic mass is 127. The van der Waals surface area contributed by atoms with E-state index in [4.69, 9.17) is 0 Å². The number of amides is 1. The molecule has 1 fully saturated rings. The Balaban J connectivity index is 1.68. The molecular weight excluding hydrogens is 429 g/mol. The minimum Gasteiger partial charge on any atom is -0.349 e. The minimum absolute atomic E-state index is 0.00109. The molecule has 1 N–H and O–H groups in total. The highest BCUT2D eigenvalue weighted by molar-refractivity contribution is 14.1. The Morgan fingerprint density at radius 2 is 1.95 bits per heavy atom. The van der Waals surface area contributed by atoms with E-state index in [0.29, 0.717) is 11.5 Å². The molecule has 4 heteroatoms. The zero-order chi connectivity index (χ0) is 14.1. The second kappa shape index (κ2) is 5.85. The minimum atomic E-state index is -0.00109. The van der Waals surface area contributed by atoms with Gasteiger partial charge in [-0.25, -0.2) is 0 Å². The van der Waals surface area contributed by atoms with E-state index in [1.165, 1.54) is 5.56 Å². The van der Waals surface area contributed by atoms with Crippen LogP contribution in [0.4, 0.5) is 0 Å². The van der Waals surface area contributed by atoms with E-state index >= 15 is 0 Å². The third-order valence-corrected chi connectivity index (χ3v) is 4.87. The van der Waals surface area contributed by atoms with E-state index in [1.807, 2.05) is 36.4 Å². The molecule has 1 aliphatic carbocycles. The van der Waals surface area contributed by atoms with E-state index in [-0.39, 0.29) is 11.9 Å². The summed E-state index contributed by atoms with van der Waals surface area (Å²) in [5.74, 6) is 0.459. The quantitative estimate of drug-likeness (QED) is 0.705. The van der Waals surface area contributed by atoms with E-state index in [2.05, 4.69) is 56.0 Å². The van der Waals surface area contributed by atoms with Gasteiger partial charge in [-0.05, 0) is 68.7 Å². The van der Waals surface area contributed by atoms with Gasteiger partial charge in [0.25, 0.3) is 5.91 Å². The van der Waals surface area contributed by atoms with Crippen molar-refractivity contribution in [1.29, 1.82) is 0 Å². The van der Waals surface area contributed by atoms with Crippen LogP contribution in [-0.2, 0) is 0 Å². The lowest BCUT2D eigenvalue weighted by atomic mass is 10.1. The van der Waals surface area contributed by atoms with Gasteiger partial charge in [-0.3, -0.25) is 4.79 Å². The molecule has 3 rings (SSSR count). The van der Waals surface area contributed by atoms with Crippen LogP contribution in [0.3, 0.4) is 0 Å². The fourth-order valence-corrected chi connectivity index (χ4v) is 3.26. The Morgan fingerprint density at radius 3 is 2.70 bits per heavy atom. The molecule has 0 radical (unpaired) electrons. The molecule has 0 aliphatic heterocycles. The first-order valence-corrected chi connectivity index (χ1v) is 8.33. The molecule has 2 aromatic rings. The van der Waals surface area contributed by atoms with Gasteiger partial charge in [-0.15, -0.1) is 0 Å². The monoisotopic (exact) mass is 441 g/mol. The molecule has 1 amide bonds. The van der Waals surface area contributed by atoms with Crippen molar-refractivity contribution in [3.05, 3.63) is 67.7 Å². The molecule has 2 nitrogen and oxygen atoms in total. The number of benzene rings is 2. The van der Waals surface area contributed by atoms with Crippen molar-refractivity contribution in [2.75, 3.05) is 0 Å². The molecule has 0 bridgehead atoms. The molecule has 0 saturated heterocycles. The van der Waals surface area contributed by atoms with Crippen molar-refractivity contribution >= 4 is 44.4 Å². The second-order valence-corrected chi connectivity index (χ2v) is 7.06. The SMILES string of the molecule is O=C(NC1CC1c1ccccc1)c1cc(I)ccc1Br. The maximum absolute atomic E-state index is 12.3. The Morgan fingerprint density at radius 1 is 1.20 bits per heavy atom. The van der Waals surface area contributed by atoms with Gasteiger partial charge in [0.2, 0.25) is 0 Å². The standard InChI is InChI=1S/C16H13BrINO/c17-14-7-6-11(18)8-13(14)16(20)19-15-9-12(15)10-4-2-1-3-5-10/h1-8,12,15H,9H2,(H,19,20). The first-order valence-electron chi connectivity index (χ1n) is 6.46. The van der Waals surface area contributed by atoms with Crippen molar-refractivity contribution in [2.45, 2.75) is 18.4 Å². The average molecular weight is 442 g/mol. The van der Waals surface area contributed by atoms with Crippen molar-refractivity contribution < 1.29 is 4.79 Å². The Kier molecular flexibility index (Phi) is 4.12. The van der Waals surface area contributed by atoms with Crippen LogP contribution in [0.1, 0.15) is 28.3 Å². The van der Waals surface area contributed by atoms with Gasteiger partial charge in [0.05, 0.1) is 5.56 Å². The van der Waals surface area contributed by atoms with Crippen LogP contribution in [0, 0.1) is 3.57 Å². The number of nitrogens with one attached hydrogen (secondary N) is 1. The number of rotatable bonds is 3. The van der Waals surface area contributed by atoms with Crippen LogP contribution < -0.4 is 5.32 Å². The second-order valence-electron chi connectivity index (χ2n) is 4.96. The highest BCUT2D eigenvalue weighted by Gasteiger charge is 2.39. The van der Waals surface area contributed by atoms with Crippen LogP contribution in [0.25, 0.3) is 0 Å². The summed E-state index contributed by atoms with van der Waals surface area (Å²) in [6.45, 7) is 0. The van der Waals surface area contributed by atoms with Gasteiger partial charge in [0, 0.05) is 20.0 Å². The lowest BCUT2D eigenvalue weighted by molar-refractivity contribution is 0.0949. The number of hydrogen-bond donors (Lipinski definition) is 1. The van der Waals surface area contributed by atoms with Crippen molar-refractivity contribution in [3.8, 4) is 0 Å². The summed E-state index contributed by atoms with van der Waals surface area (Å²) in [5, 5.41) is 3.11. The predicted molar refractivity (Wildman–Crippen MR) is 91.9 cm³/mol. The summed E-state index contributed by atoms with van der Waals surface area (Å²) < 4.78 is 1.90. The summed E-state index contributed by atoms with van der Waals surface area (Å²) in [7, 11) is 0. The molecule has 2 atom stereocenters. The summed E-state index contributed by atoms with van der Waals surface area (Å²) in [6.07, 6.45) is 1.03. The van der Waals surface area contributed by atoms with Gasteiger partial charge in [0.15, 0.2) is 0 Å². The molecule has 102 valence electrons. The molecule has 2 unspecified atom stereocenters. The Hall–Kier alpha value is -0.880. The van der Waals surface area contributed by atoms with Crippen molar-refractivity contribution in [2.24, 2.45) is 0 Å². The van der Waals surface area contributed by atoms with Gasteiger partial charge >= 0.3 is 0 Å². The van der Waals surface area contributed by atoms with Gasteiger partial charge in [0.1, 0.15) is 0 Å². The van der Waals surface area contributed by atoms with Crippen LogP contribution in [0.5, 0.6) is 0 Å². The normalized spacial score (nSPS) is 20.5. The third-order valence-electron chi connectivity index (χ3n) is 3.51. The number of carbonyl (C=O) groups excluding carboxylic acids is 1. The number of halogens is 2. The maximum Gasteiger partial charge on any atom is 0.252 e. The molecule has 0 heterocycles. The van der Waals surface area contributed by atoms with Crippen LogP contribution in [-0.4, -0.2) is 11.9 Å². The van der Waals surface area contributed by atoms with E-state index in [0.717, 1.165) is 14.5 Å². The third kappa shape index (κ3) is 3.06. The van der Waals surface area contributed by atoms with E-state index < -0.39 is 0 Å². The van der Waals surface area contributed by atoms with Gasteiger partial charge in [-0.2, -0.15) is 0 Å². The zero-order valence-electron chi connectivity index (χ0n) is 10.6. The largest absolute Gasteiger partial charge is 0.349 e. The van der Waals surface area contributed by atoms with Crippen molar-refractivity contribution in [3.63, 3.8) is 0 Å². The predicted octanol–water partition coefficient (Wildman–Crippen LogP) is 4.34. The van der Waals surface area contributed by atoms with Gasteiger partial charge in [-0.1, -0.05) is 30.3 Å². The zero-order valence-corrected chi connectivity index (χ0v) is 14.4. The molecule has 0 aromatic heterocycles. The lowest BCUT2D eigenvalue weighted by Crippen LogP contribution is -2.27. The topological polar surface area (TPSA) is 29.1 Å². The fraction of sp³-hybridized carbons (Fsp3) is 0.188. The van der Waals surface area contributed by atoms with E-state index in [9.17, 15) is 4.79 Å². The highest BCUT2D eigenvalue weighted by Crippen LogP contribution is 2.40. The first kappa shape index (κ1) is 14.1. The molecule has 0 spiro atoms. The summed E-state index contributed by atoms with van der Waals surface area (Å²) in [5.41, 5.74) is 2.01. The summed E-state index contributed by atoms with van der Waals surface area (Å²) >= 11 is 5.65. The fourth-order valence-electron chi connectivity index (χ4n) is 2.34. The van der Waals surface area contributed by atoms with E-state index in [1.54, 1.807) is 0 Å². The Bertz CT molecular complexity index is 644. The van der Waals surface area contributed by atoms with Gasteiger partial charge < -0.3 is 5.32 Å². The number of hydrogen-bond acceptors (Lipinski definition) is 1. The molecular formula is C16H13BrINO. The number of carbonyl (C=O) groups is 1. The maximum atomic E-state index is 12.3. The average Bonchev–Trinajstić information content (AvgIpc) is 3.21. The molecule has 2 aromatic carbocycles. The molecule has 1 saturated carbocycles. The van der Waals surface area contributed by atoms with Crippen molar-refractivity contribution in [1.82, 2.24) is 5.32 Å².